The number of amides is 2. The van der Waals surface area contributed by atoms with Crippen LogP contribution in [0.4, 0.5) is 10.1 Å². The quantitative estimate of drug-likeness (QED) is 0.921. The van der Waals surface area contributed by atoms with Gasteiger partial charge in [0.2, 0.25) is 5.91 Å². The lowest BCUT2D eigenvalue weighted by molar-refractivity contribution is -0.119. The molecular weight excluding hydrogens is 307 g/mol. The number of aryl methyl sites for hydroxylation is 1. The van der Waals surface area contributed by atoms with E-state index in [1.54, 1.807) is 30.0 Å². The van der Waals surface area contributed by atoms with Gasteiger partial charge in [-0.25, -0.2) is 4.39 Å². The smallest absolute Gasteiger partial charge is 0.258 e. The molecule has 0 bridgehead atoms. The van der Waals surface area contributed by atoms with Gasteiger partial charge in [0.15, 0.2) is 0 Å². The van der Waals surface area contributed by atoms with Crippen LogP contribution < -0.4 is 10.6 Å². The number of nitrogens with zero attached hydrogens (tertiary/aromatic N) is 1. The molecule has 2 aromatic rings. The van der Waals surface area contributed by atoms with E-state index < -0.39 is 17.6 Å². The van der Waals surface area contributed by atoms with Crippen molar-refractivity contribution in [3.05, 3.63) is 65.0 Å². The molecule has 0 aromatic heterocycles. The van der Waals surface area contributed by atoms with Gasteiger partial charge in [-0.2, -0.15) is 0 Å². The molecule has 5 heteroatoms. The van der Waals surface area contributed by atoms with Gasteiger partial charge < -0.3 is 10.6 Å². The Kier molecular flexibility index (Phi) is 4.09. The van der Waals surface area contributed by atoms with Crippen LogP contribution in [-0.4, -0.2) is 17.9 Å². The van der Waals surface area contributed by atoms with Crippen molar-refractivity contribution in [2.24, 2.45) is 5.73 Å². The monoisotopic (exact) mass is 326 g/mol. The number of rotatable bonds is 2. The highest BCUT2D eigenvalue weighted by atomic mass is 19.1. The molecule has 0 saturated carbocycles. The van der Waals surface area contributed by atoms with Crippen LogP contribution in [0.15, 0.2) is 42.5 Å². The van der Waals surface area contributed by atoms with Crippen LogP contribution in [0.2, 0.25) is 0 Å². The van der Waals surface area contributed by atoms with Crippen LogP contribution in [0, 0.1) is 12.7 Å². The largest absolute Gasteiger partial charge is 0.369 e. The predicted octanol–water partition coefficient (Wildman–Crippen LogP) is 3.14. The SMILES string of the molecule is Cc1ccc(C(=O)N2c3ccccc3[C@@H](C(N)=O)C[C@@H]2C)cc1F. The molecule has 0 saturated heterocycles. The van der Waals surface area contributed by atoms with Gasteiger partial charge in [-0.05, 0) is 49.6 Å². The van der Waals surface area contributed by atoms with Gasteiger partial charge in [0, 0.05) is 17.3 Å². The van der Waals surface area contributed by atoms with Crippen LogP contribution in [0.3, 0.4) is 0 Å². The molecule has 0 spiro atoms. The van der Waals surface area contributed by atoms with E-state index in [9.17, 15) is 14.0 Å². The van der Waals surface area contributed by atoms with Crippen LogP contribution >= 0.6 is 0 Å². The molecule has 2 amide bonds. The fraction of sp³-hybridized carbons (Fsp3) is 0.263. The van der Waals surface area contributed by atoms with E-state index in [2.05, 4.69) is 0 Å². The molecule has 0 unspecified atom stereocenters. The summed E-state index contributed by atoms with van der Waals surface area (Å²) in [4.78, 5) is 26.3. The van der Waals surface area contributed by atoms with Gasteiger partial charge in [0.1, 0.15) is 5.82 Å². The van der Waals surface area contributed by atoms with E-state index in [0.29, 0.717) is 17.7 Å². The van der Waals surface area contributed by atoms with Gasteiger partial charge in [-0.1, -0.05) is 24.3 Å². The highest BCUT2D eigenvalue weighted by Gasteiger charge is 2.36. The van der Waals surface area contributed by atoms with E-state index in [1.165, 1.54) is 6.07 Å². The molecule has 1 aliphatic rings. The highest BCUT2D eigenvalue weighted by Crippen LogP contribution is 2.39. The lowest BCUT2D eigenvalue weighted by Gasteiger charge is -2.38. The molecule has 0 radical (unpaired) electrons. The second kappa shape index (κ2) is 6.07. The van der Waals surface area contributed by atoms with Gasteiger partial charge >= 0.3 is 0 Å². The second-order valence-electron chi connectivity index (χ2n) is 6.24. The Labute approximate surface area is 140 Å². The summed E-state index contributed by atoms with van der Waals surface area (Å²) in [5.74, 6) is -1.51. The minimum Gasteiger partial charge on any atom is -0.369 e. The van der Waals surface area contributed by atoms with E-state index in [0.717, 1.165) is 5.56 Å². The summed E-state index contributed by atoms with van der Waals surface area (Å²) in [6, 6.07) is 11.5. The summed E-state index contributed by atoms with van der Waals surface area (Å²) in [5.41, 5.74) is 7.70. The van der Waals surface area contributed by atoms with E-state index in [1.807, 2.05) is 25.1 Å². The second-order valence-corrected chi connectivity index (χ2v) is 6.24. The van der Waals surface area contributed by atoms with Gasteiger partial charge in [-0.15, -0.1) is 0 Å². The Morgan fingerprint density at radius 2 is 1.92 bits per heavy atom. The first-order valence-corrected chi connectivity index (χ1v) is 7.88. The Morgan fingerprint density at radius 3 is 2.58 bits per heavy atom. The molecular formula is C19H19FN2O2. The molecule has 3 rings (SSSR count). The first-order chi connectivity index (χ1) is 11.4. The average Bonchev–Trinajstić information content (AvgIpc) is 2.56. The van der Waals surface area contributed by atoms with Crippen LogP contribution in [-0.2, 0) is 4.79 Å². The molecule has 2 atom stereocenters. The Balaban J connectivity index is 2.06. The summed E-state index contributed by atoms with van der Waals surface area (Å²) in [6.45, 7) is 3.52. The maximum Gasteiger partial charge on any atom is 0.258 e. The zero-order chi connectivity index (χ0) is 17.4. The lowest BCUT2D eigenvalue weighted by atomic mass is 9.85. The minimum absolute atomic E-state index is 0.214. The summed E-state index contributed by atoms with van der Waals surface area (Å²) in [7, 11) is 0. The summed E-state index contributed by atoms with van der Waals surface area (Å²) in [5, 5.41) is 0. The van der Waals surface area contributed by atoms with E-state index in [4.69, 9.17) is 5.73 Å². The lowest BCUT2D eigenvalue weighted by Crippen LogP contribution is -2.45. The molecule has 2 N–H and O–H groups in total. The summed E-state index contributed by atoms with van der Waals surface area (Å²) < 4.78 is 13.8. The molecule has 1 aliphatic heterocycles. The van der Waals surface area contributed by atoms with E-state index >= 15 is 0 Å². The number of halogens is 1. The van der Waals surface area contributed by atoms with Gasteiger partial charge in [0.05, 0.1) is 5.92 Å². The fourth-order valence-electron chi connectivity index (χ4n) is 3.26. The fourth-order valence-corrected chi connectivity index (χ4v) is 3.26. The molecule has 124 valence electrons. The molecule has 4 nitrogen and oxygen atoms in total. The normalized spacial score (nSPS) is 19.7. The van der Waals surface area contributed by atoms with Crippen molar-refractivity contribution < 1.29 is 14.0 Å². The van der Waals surface area contributed by atoms with Crippen molar-refractivity contribution >= 4 is 17.5 Å². The van der Waals surface area contributed by atoms with Crippen LogP contribution in [0.25, 0.3) is 0 Å². The number of para-hydroxylation sites is 1. The van der Waals surface area contributed by atoms with E-state index in [-0.39, 0.29) is 17.5 Å². The Bertz CT molecular complexity index is 819. The zero-order valence-electron chi connectivity index (χ0n) is 13.6. The van der Waals surface area contributed by atoms with Crippen molar-refractivity contribution in [2.75, 3.05) is 4.90 Å². The number of hydrogen-bond acceptors (Lipinski definition) is 2. The summed E-state index contributed by atoms with van der Waals surface area (Å²) >= 11 is 0. The van der Waals surface area contributed by atoms with Gasteiger partial charge in [0.25, 0.3) is 5.91 Å². The maximum absolute atomic E-state index is 13.8. The highest BCUT2D eigenvalue weighted by molar-refractivity contribution is 6.08. The number of nitrogens with two attached hydrogens (primary N) is 1. The molecule has 0 aliphatic carbocycles. The molecule has 2 aromatic carbocycles. The third-order valence-electron chi connectivity index (χ3n) is 4.57. The minimum atomic E-state index is -0.421. The number of anilines is 1. The first-order valence-electron chi connectivity index (χ1n) is 7.88. The predicted molar refractivity (Wildman–Crippen MR) is 90.4 cm³/mol. The number of benzene rings is 2. The number of carbonyl (C=O) groups excluding carboxylic acids is 2. The number of carbonyl (C=O) groups is 2. The number of hydrogen-bond donors (Lipinski definition) is 1. The third-order valence-corrected chi connectivity index (χ3v) is 4.57. The molecule has 1 heterocycles. The molecule has 24 heavy (non-hydrogen) atoms. The van der Waals surface area contributed by atoms with Gasteiger partial charge in [-0.3, -0.25) is 9.59 Å². The average molecular weight is 326 g/mol. The van der Waals surface area contributed by atoms with Crippen molar-refractivity contribution in [3.63, 3.8) is 0 Å². The summed E-state index contributed by atoms with van der Waals surface area (Å²) in [6.07, 6.45) is 0.451. The maximum atomic E-state index is 13.8. The van der Waals surface area contributed by atoms with Crippen molar-refractivity contribution in [2.45, 2.75) is 32.2 Å². The molecule has 0 fully saturated rings. The number of fused-ring (bicyclic) bond motifs is 1. The number of primary amides is 1. The van der Waals surface area contributed by atoms with Crippen LogP contribution in [0.5, 0.6) is 0 Å². The first kappa shape index (κ1) is 16.2. The Morgan fingerprint density at radius 1 is 1.21 bits per heavy atom. The topological polar surface area (TPSA) is 63.4 Å². The Hall–Kier alpha value is -2.69. The van der Waals surface area contributed by atoms with Crippen molar-refractivity contribution in [3.8, 4) is 0 Å². The zero-order valence-corrected chi connectivity index (χ0v) is 13.6. The van der Waals surface area contributed by atoms with Crippen LogP contribution in [0.1, 0.15) is 40.7 Å². The van der Waals surface area contributed by atoms with Crippen molar-refractivity contribution in [1.82, 2.24) is 0 Å². The standard InChI is InChI=1S/C19H19FN2O2/c1-11-7-8-13(10-16(11)20)19(24)22-12(2)9-15(18(21)23)14-5-3-4-6-17(14)22/h3-8,10,12,15H,9H2,1-2H3,(H2,21,23)/t12-,15-/m0/s1. The third kappa shape index (κ3) is 2.66. The van der Waals surface area contributed by atoms with Crippen molar-refractivity contribution in [1.29, 1.82) is 0 Å².